The molecule has 2 aliphatic rings. The van der Waals surface area contributed by atoms with Crippen molar-refractivity contribution in [3.8, 4) is 11.3 Å². The SMILES string of the molecule is Cc1nn(C)cc1-c1cnc(CC2C[C@@H]3CN(CCC(C)(C)C)C[C@@H]3C2)cn1. The summed E-state index contributed by atoms with van der Waals surface area (Å²) in [6.07, 6.45) is 11.0. The molecule has 0 N–H and O–H groups in total. The standard InChI is InChI=1S/C23H35N5/c1-16-21(15-27(5)26-16)22-12-24-20(11-25-22)10-17-8-18-13-28(14-19(18)9-17)7-6-23(2,3)4/h11-12,15,17-19H,6-10,13-14H2,1-5H3/t17?,18-,19+. The molecule has 1 aliphatic heterocycles. The number of hydrogen-bond donors (Lipinski definition) is 0. The number of hydrogen-bond acceptors (Lipinski definition) is 4. The Bertz CT molecular complexity index is 787. The first-order valence-electron chi connectivity index (χ1n) is 10.8. The molecule has 5 heteroatoms. The van der Waals surface area contributed by atoms with Gasteiger partial charge in [0.15, 0.2) is 0 Å². The van der Waals surface area contributed by atoms with E-state index < -0.39 is 0 Å². The first kappa shape index (κ1) is 19.6. The molecular weight excluding hydrogens is 346 g/mol. The molecule has 5 nitrogen and oxygen atoms in total. The van der Waals surface area contributed by atoms with Crippen LogP contribution in [0.1, 0.15) is 51.4 Å². The molecule has 4 rings (SSSR count). The number of aryl methyl sites for hydroxylation is 2. The van der Waals surface area contributed by atoms with Crippen LogP contribution in [0.25, 0.3) is 11.3 Å². The van der Waals surface area contributed by atoms with Crippen molar-refractivity contribution in [3.05, 3.63) is 30.0 Å². The molecular formula is C23H35N5. The molecule has 1 unspecified atom stereocenters. The van der Waals surface area contributed by atoms with Gasteiger partial charge in [-0.3, -0.25) is 14.6 Å². The van der Waals surface area contributed by atoms with Crippen molar-refractivity contribution in [1.29, 1.82) is 0 Å². The zero-order valence-electron chi connectivity index (χ0n) is 18.1. The third kappa shape index (κ3) is 4.45. The van der Waals surface area contributed by atoms with Crippen LogP contribution in [0.2, 0.25) is 0 Å². The van der Waals surface area contributed by atoms with E-state index in [0.29, 0.717) is 5.41 Å². The Kier molecular flexibility index (Phi) is 5.30. The van der Waals surface area contributed by atoms with Crippen molar-refractivity contribution in [3.63, 3.8) is 0 Å². The topological polar surface area (TPSA) is 46.8 Å². The van der Waals surface area contributed by atoms with Crippen LogP contribution in [-0.4, -0.2) is 44.3 Å². The van der Waals surface area contributed by atoms with Crippen LogP contribution in [0.15, 0.2) is 18.6 Å². The molecule has 0 aromatic carbocycles. The van der Waals surface area contributed by atoms with Crippen LogP contribution in [0, 0.1) is 30.1 Å². The first-order chi connectivity index (χ1) is 13.3. The summed E-state index contributed by atoms with van der Waals surface area (Å²) in [5, 5.41) is 4.40. The molecule has 28 heavy (non-hydrogen) atoms. The fourth-order valence-electron chi connectivity index (χ4n) is 5.11. The highest BCUT2D eigenvalue weighted by atomic mass is 15.2. The van der Waals surface area contributed by atoms with E-state index in [1.54, 1.807) is 0 Å². The molecule has 0 spiro atoms. The second kappa shape index (κ2) is 7.58. The van der Waals surface area contributed by atoms with Gasteiger partial charge in [0, 0.05) is 38.1 Å². The molecule has 2 aromatic rings. The Labute approximate surface area is 169 Å². The summed E-state index contributed by atoms with van der Waals surface area (Å²) in [6, 6.07) is 0. The van der Waals surface area contributed by atoms with E-state index in [0.717, 1.165) is 46.8 Å². The molecule has 2 fully saturated rings. The molecule has 1 saturated heterocycles. The molecule has 3 heterocycles. The quantitative estimate of drug-likeness (QED) is 0.781. The zero-order valence-corrected chi connectivity index (χ0v) is 18.1. The molecule has 1 aliphatic carbocycles. The Morgan fingerprint density at radius 1 is 1.07 bits per heavy atom. The smallest absolute Gasteiger partial charge is 0.0919 e. The molecule has 152 valence electrons. The molecule has 2 aromatic heterocycles. The van der Waals surface area contributed by atoms with Gasteiger partial charge in [0.1, 0.15) is 0 Å². The van der Waals surface area contributed by atoms with E-state index in [4.69, 9.17) is 4.98 Å². The van der Waals surface area contributed by atoms with Gasteiger partial charge in [-0.2, -0.15) is 5.10 Å². The van der Waals surface area contributed by atoms with Gasteiger partial charge in [0.2, 0.25) is 0 Å². The van der Waals surface area contributed by atoms with Gasteiger partial charge in [-0.05, 0) is 62.3 Å². The van der Waals surface area contributed by atoms with Crippen molar-refractivity contribution < 1.29 is 0 Å². The summed E-state index contributed by atoms with van der Waals surface area (Å²) in [4.78, 5) is 12.1. The van der Waals surface area contributed by atoms with E-state index in [1.165, 1.54) is 38.9 Å². The van der Waals surface area contributed by atoms with Gasteiger partial charge in [0.25, 0.3) is 0 Å². The van der Waals surface area contributed by atoms with Crippen molar-refractivity contribution in [2.24, 2.45) is 30.2 Å². The monoisotopic (exact) mass is 381 g/mol. The van der Waals surface area contributed by atoms with E-state index in [1.807, 2.05) is 37.2 Å². The Balaban J connectivity index is 1.29. The molecule has 0 radical (unpaired) electrons. The van der Waals surface area contributed by atoms with Crippen LogP contribution in [0.4, 0.5) is 0 Å². The lowest BCUT2D eigenvalue weighted by atomic mass is 9.92. The third-order valence-electron chi connectivity index (χ3n) is 6.59. The highest BCUT2D eigenvalue weighted by Gasteiger charge is 2.40. The maximum absolute atomic E-state index is 4.72. The number of aromatic nitrogens is 4. The van der Waals surface area contributed by atoms with Crippen molar-refractivity contribution in [2.75, 3.05) is 19.6 Å². The van der Waals surface area contributed by atoms with E-state index in [-0.39, 0.29) is 0 Å². The Morgan fingerprint density at radius 2 is 1.79 bits per heavy atom. The lowest BCUT2D eigenvalue weighted by molar-refractivity contribution is 0.245. The fourth-order valence-corrected chi connectivity index (χ4v) is 5.11. The second-order valence-electron chi connectivity index (χ2n) is 10.3. The first-order valence-corrected chi connectivity index (χ1v) is 10.8. The number of rotatable bonds is 5. The Morgan fingerprint density at radius 3 is 2.32 bits per heavy atom. The minimum Gasteiger partial charge on any atom is -0.303 e. The highest BCUT2D eigenvalue weighted by molar-refractivity contribution is 5.59. The van der Waals surface area contributed by atoms with Crippen molar-refractivity contribution >= 4 is 0 Å². The average molecular weight is 382 g/mol. The molecule has 0 bridgehead atoms. The van der Waals surface area contributed by atoms with Crippen LogP contribution < -0.4 is 0 Å². The van der Waals surface area contributed by atoms with Gasteiger partial charge in [0.05, 0.1) is 23.3 Å². The minimum absolute atomic E-state index is 0.444. The predicted molar refractivity (Wildman–Crippen MR) is 113 cm³/mol. The number of nitrogens with zero attached hydrogens (tertiary/aromatic N) is 5. The van der Waals surface area contributed by atoms with Gasteiger partial charge in [-0.1, -0.05) is 20.8 Å². The third-order valence-corrected chi connectivity index (χ3v) is 6.59. The summed E-state index contributed by atoms with van der Waals surface area (Å²) in [5.74, 6) is 2.57. The van der Waals surface area contributed by atoms with Gasteiger partial charge >= 0.3 is 0 Å². The van der Waals surface area contributed by atoms with E-state index in [2.05, 4.69) is 35.8 Å². The van der Waals surface area contributed by atoms with Gasteiger partial charge in [-0.15, -0.1) is 0 Å². The van der Waals surface area contributed by atoms with Crippen LogP contribution in [0.5, 0.6) is 0 Å². The molecule has 3 atom stereocenters. The summed E-state index contributed by atoms with van der Waals surface area (Å²) >= 11 is 0. The minimum atomic E-state index is 0.444. The number of likely N-dealkylation sites (tertiary alicyclic amines) is 1. The number of fused-ring (bicyclic) bond motifs is 1. The van der Waals surface area contributed by atoms with Crippen LogP contribution in [0.3, 0.4) is 0 Å². The zero-order chi connectivity index (χ0) is 19.9. The predicted octanol–water partition coefficient (Wildman–Crippen LogP) is 4.12. The summed E-state index contributed by atoms with van der Waals surface area (Å²) in [7, 11) is 1.94. The van der Waals surface area contributed by atoms with Gasteiger partial charge < -0.3 is 4.90 Å². The van der Waals surface area contributed by atoms with Crippen LogP contribution in [-0.2, 0) is 13.5 Å². The van der Waals surface area contributed by atoms with E-state index in [9.17, 15) is 0 Å². The Hall–Kier alpha value is -1.75. The lowest BCUT2D eigenvalue weighted by Gasteiger charge is -2.24. The lowest BCUT2D eigenvalue weighted by Crippen LogP contribution is -2.26. The summed E-state index contributed by atoms with van der Waals surface area (Å²) in [5.41, 5.74) is 4.59. The highest BCUT2D eigenvalue weighted by Crippen LogP contribution is 2.43. The second-order valence-corrected chi connectivity index (χ2v) is 10.3. The maximum atomic E-state index is 4.72. The van der Waals surface area contributed by atoms with Gasteiger partial charge in [-0.25, -0.2) is 0 Å². The van der Waals surface area contributed by atoms with Crippen molar-refractivity contribution in [2.45, 2.75) is 53.4 Å². The van der Waals surface area contributed by atoms with Crippen molar-refractivity contribution in [1.82, 2.24) is 24.6 Å². The summed E-state index contributed by atoms with van der Waals surface area (Å²) < 4.78 is 1.84. The summed E-state index contributed by atoms with van der Waals surface area (Å²) in [6.45, 7) is 12.9. The molecule has 0 amide bonds. The van der Waals surface area contributed by atoms with Crippen LogP contribution >= 0.6 is 0 Å². The fraction of sp³-hybridized carbons (Fsp3) is 0.696. The normalized spacial score (nSPS) is 25.4. The molecule has 1 saturated carbocycles. The maximum Gasteiger partial charge on any atom is 0.0919 e. The van der Waals surface area contributed by atoms with E-state index >= 15 is 0 Å². The largest absolute Gasteiger partial charge is 0.303 e. The average Bonchev–Trinajstić information content (AvgIpc) is 3.26.